The van der Waals surface area contributed by atoms with Crippen molar-refractivity contribution in [2.24, 2.45) is 0 Å². The summed E-state index contributed by atoms with van der Waals surface area (Å²) in [4.78, 5) is 23.0. The number of nitrogens with zero attached hydrogens (tertiary/aromatic N) is 3. The summed E-state index contributed by atoms with van der Waals surface area (Å²) >= 11 is 0. The molecule has 0 saturated carbocycles. The lowest BCUT2D eigenvalue weighted by Crippen LogP contribution is -2.02. The first-order valence-electron chi connectivity index (χ1n) is 5.75. The van der Waals surface area contributed by atoms with Crippen LogP contribution in [0, 0.1) is 0 Å². The molecule has 0 aliphatic carbocycles. The Kier molecular flexibility index (Phi) is 3.70. The molecule has 98 valence electrons. The predicted molar refractivity (Wildman–Crippen MR) is 67.4 cm³/mol. The minimum Gasteiger partial charge on any atom is -0.478 e. The second kappa shape index (κ2) is 5.43. The van der Waals surface area contributed by atoms with Gasteiger partial charge in [0.2, 0.25) is 5.88 Å². The highest BCUT2D eigenvalue weighted by atomic mass is 16.5. The van der Waals surface area contributed by atoms with E-state index in [2.05, 4.69) is 15.0 Å². The third kappa shape index (κ3) is 3.04. The van der Waals surface area contributed by atoms with Crippen molar-refractivity contribution < 1.29 is 14.6 Å². The summed E-state index contributed by atoms with van der Waals surface area (Å²) in [5.41, 5.74) is 0.866. The number of ether oxygens (including phenoxy) is 1. The fourth-order valence-corrected chi connectivity index (χ4v) is 1.48. The van der Waals surface area contributed by atoms with E-state index in [4.69, 9.17) is 9.84 Å². The van der Waals surface area contributed by atoms with Gasteiger partial charge in [-0.1, -0.05) is 13.8 Å². The second-order valence-electron chi connectivity index (χ2n) is 4.21. The molecule has 6 nitrogen and oxygen atoms in total. The molecule has 0 spiro atoms. The molecule has 0 unspecified atom stereocenters. The Hall–Kier alpha value is -2.50. The Bertz CT molecular complexity index is 599. The molecular formula is C13H13N3O3. The maximum absolute atomic E-state index is 11.0. The fraction of sp³-hybridized carbons (Fsp3) is 0.231. The topological polar surface area (TPSA) is 85.2 Å². The van der Waals surface area contributed by atoms with E-state index in [9.17, 15) is 4.79 Å². The predicted octanol–water partition coefficient (Wildman–Crippen LogP) is 2.49. The van der Waals surface area contributed by atoms with Crippen molar-refractivity contribution in [2.75, 3.05) is 0 Å². The maximum Gasteiger partial charge on any atom is 0.339 e. The molecule has 2 rings (SSSR count). The van der Waals surface area contributed by atoms with Crippen molar-refractivity contribution in [2.45, 2.75) is 19.8 Å². The van der Waals surface area contributed by atoms with Crippen molar-refractivity contribution in [3.63, 3.8) is 0 Å². The maximum atomic E-state index is 11.0. The van der Waals surface area contributed by atoms with E-state index in [1.54, 1.807) is 6.07 Å². The summed E-state index contributed by atoms with van der Waals surface area (Å²) in [6.45, 7) is 4.00. The van der Waals surface area contributed by atoms with Gasteiger partial charge in [-0.3, -0.25) is 4.98 Å². The molecule has 0 aliphatic heterocycles. The average Bonchev–Trinajstić information content (AvgIpc) is 2.39. The molecule has 0 atom stereocenters. The van der Waals surface area contributed by atoms with E-state index in [0.29, 0.717) is 5.88 Å². The molecular weight excluding hydrogens is 246 g/mol. The number of carbonyl (C=O) groups is 1. The van der Waals surface area contributed by atoms with Gasteiger partial charge in [0.05, 0.1) is 11.9 Å². The number of hydrogen-bond donors (Lipinski definition) is 1. The van der Waals surface area contributed by atoms with E-state index in [0.717, 1.165) is 5.69 Å². The number of carboxylic acids is 1. The van der Waals surface area contributed by atoms with Crippen LogP contribution >= 0.6 is 0 Å². The third-order valence-corrected chi connectivity index (χ3v) is 2.48. The van der Waals surface area contributed by atoms with Crippen LogP contribution in [0.4, 0.5) is 0 Å². The van der Waals surface area contributed by atoms with E-state index in [-0.39, 0.29) is 17.2 Å². The molecule has 2 aromatic rings. The summed E-state index contributed by atoms with van der Waals surface area (Å²) < 4.78 is 5.47. The molecule has 0 fully saturated rings. The molecule has 0 bridgehead atoms. The van der Waals surface area contributed by atoms with Crippen LogP contribution in [0.3, 0.4) is 0 Å². The third-order valence-electron chi connectivity index (χ3n) is 2.48. The Morgan fingerprint density at radius 3 is 2.84 bits per heavy atom. The normalized spacial score (nSPS) is 10.5. The number of aromatic carboxylic acids is 1. The Morgan fingerprint density at radius 2 is 2.16 bits per heavy atom. The zero-order valence-electron chi connectivity index (χ0n) is 10.6. The minimum absolute atomic E-state index is 0.0414. The number of pyridine rings is 1. The van der Waals surface area contributed by atoms with Crippen molar-refractivity contribution in [3.05, 3.63) is 42.1 Å². The quantitative estimate of drug-likeness (QED) is 0.907. The second-order valence-corrected chi connectivity index (χ2v) is 4.21. The molecule has 2 aromatic heterocycles. The standard InChI is InChI=1S/C13H13N3O3/c1-8(2)10-5-12(16-7-15-10)19-11-6-14-4-3-9(11)13(17)18/h3-8H,1-2H3,(H,17,18). The summed E-state index contributed by atoms with van der Waals surface area (Å²) in [5, 5.41) is 9.05. The van der Waals surface area contributed by atoms with Gasteiger partial charge in [0.25, 0.3) is 0 Å². The van der Waals surface area contributed by atoms with Gasteiger partial charge in [-0.25, -0.2) is 14.8 Å². The van der Waals surface area contributed by atoms with Gasteiger partial charge in [-0.05, 0) is 12.0 Å². The first kappa shape index (κ1) is 12.9. The summed E-state index contributed by atoms with van der Waals surface area (Å²) in [6, 6.07) is 3.06. The first-order chi connectivity index (χ1) is 9.08. The molecule has 1 N–H and O–H groups in total. The lowest BCUT2D eigenvalue weighted by atomic mass is 10.1. The minimum atomic E-state index is -1.07. The van der Waals surface area contributed by atoms with E-state index in [1.807, 2.05) is 13.8 Å². The van der Waals surface area contributed by atoms with E-state index >= 15 is 0 Å². The Balaban J connectivity index is 2.31. The van der Waals surface area contributed by atoms with Gasteiger partial charge in [-0.15, -0.1) is 0 Å². The Morgan fingerprint density at radius 1 is 1.37 bits per heavy atom. The van der Waals surface area contributed by atoms with Gasteiger partial charge < -0.3 is 9.84 Å². The highest BCUT2D eigenvalue weighted by Gasteiger charge is 2.13. The zero-order valence-corrected chi connectivity index (χ0v) is 10.6. The van der Waals surface area contributed by atoms with Crippen LogP contribution in [-0.2, 0) is 0 Å². The number of carboxylic acid groups (broad SMARTS) is 1. The summed E-state index contributed by atoms with van der Waals surface area (Å²) in [6.07, 6.45) is 4.14. The van der Waals surface area contributed by atoms with Gasteiger partial charge >= 0.3 is 5.97 Å². The SMILES string of the molecule is CC(C)c1cc(Oc2cnccc2C(=O)O)ncn1. The van der Waals surface area contributed by atoms with E-state index < -0.39 is 5.97 Å². The lowest BCUT2D eigenvalue weighted by Gasteiger charge is -2.09. The highest BCUT2D eigenvalue weighted by Crippen LogP contribution is 2.24. The molecule has 0 aliphatic rings. The van der Waals surface area contributed by atoms with Crippen LogP contribution in [0.15, 0.2) is 30.9 Å². The highest BCUT2D eigenvalue weighted by molar-refractivity contribution is 5.90. The molecule has 6 heteroatoms. The monoisotopic (exact) mass is 259 g/mol. The van der Waals surface area contributed by atoms with Crippen LogP contribution in [0.5, 0.6) is 11.6 Å². The lowest BCUT2D eigenvalue weighted by molar-refractivity contribution is 0.0694. The summed E-state index contributed by atoms with van der Waals surface area (Å²) in [7, 11) is 0. The van der Waals surface area contributed by atoms with Crippen LogP contribution in [0.2, 0.25) is 0 Å². The molecule has 19 heavy (non-hydrogen) atoms. The molecule has 0 aromatic carbocycles. The average molecular weight is 259 g/mol. The molecule has 0 saturated heterocycles. The number of hydrogen-bond acceptors (Lipinski definition) is 5. The van der Waals surface area contributed by atoms with Crippen LogP contribution in [0.25, 0.3) is 0 Å². The van der Waals surface area contributed by atoms with Crippen LogP contribution in [-0.4, -0.2) is 26.0 Å². The van der Waals surface area contributed by atoms with Crippen molar-refractivity contribution in [1.82, 2.24) is 15.0 Å². The fourth-order valence-electron chi connectivity index (χ4n) is 1.48. The largest absolute Gasteiger partial charge is 0.478 e. The van der Waals surface area contributed by atoms with Crippen LogP contribution < -0.4 is 4.74 Å². The Labute approximate surface area is 110 Å². The molecule has 2 heterocycles. The van der Waals surface area contributed by atoms with E-state index in [1.165, 1.54) is 24.8 Å². The number of aromatic nitrogens is 3. The van der Waals surface area contributed by atoms with Crippen molar-refractivity contribution in [3.8, 4) is 11.6 Å². The zero-order chi connectivity index (χ0) is 13.8. The van der Waals surface area contributed by atoms with Crippen molar-refractivity contribution in [1.29, 1.82) is 0 Å². The van der Waals surface area contributed by atoms with Gasteiger partial charge in [0.15, 0.2) is 5.75 Å². The molecule has 0 radical (unpaired) electrons. The summed E-state index contributed by atoms with van der Waals surface area (Å²) in [5.74, 6) is -0.383. The van der Waals surface area contributed by atoms with Gasteiger partial charge in [-0.2, -0.15) is 0 Å². The van der Waals surface area contributed by atoms with Gasteiger partial charge in [0.1, 0.15) is 11.9 Å². The smallest absolute Gasteiger partial charge is 0.339 e. The molecule has 0 amide bonds. The number of rotatable bonds is 4. The van der Waals surface area contributed by atoms with Crippen molar-refractivity contribution >= 4 is 5.97 Å². The first-order valence-corrected chi connectivity index (χ1v) is 5.75. The van der Waals surface area contributed by atoms with Gasteiger partial charge in [0, 0.05) is 12.3 Å². The van der Waals surface area contributed by atoms with Crippen LogP contribution in [0.1, 0.15) is 35.8 Å².